The Labute approximate surface area is 140 Å². The summed E-state index contributed by atoms with van der Waals surface area (Å²) in [5.74, 6) is -0.542. The highest BCUT2D eigenvalue weighted by atomic mass is 35.5. The summed E-state index contributed by atoms with van der Waals surface area (Å²) in [6.07, 6.45) is 0.223. The Bertz CT molecular complexity index is 760. The fraction of sp³-hybridized carbons (Fsp3) is 0.222. The van der Waals surface area contributed by atoms with E-state index >= 15 is 0 Å². The molecular formula is C18H17ClN2O2. The largest absolute Gasteiger partial charge is 0.326 e. The molecule has 1 atom stereocenters. The van der Waals surface area contributed by atoms with E-state index in [1.54, 1.807) is 29.2 Å². The van der Waals surface area contributed by atoms with E-state index < -0.39 is 0 Å². The van der Waals surface area contributed by atoms with Crippen molar-refractivity contribution in [1.29, 1.82) is 0 Å². The van der Waals surface area contributed by atoms with Gasteiger partial charge >= 0.3 is 0 Å². The smallest absolute Gasteiger partial charge is 0.229 e. The SMILES string of the molecule is Cc1cccc(N2C[C@@H](C(=O)Nc3cccc(Cl)c3)CC2=O)c1. The molecule has 1 saturated heterocycles. The summed E-state index contributed by atoms with van der Waals surface area (Å²) in [5, 5.41) is 3.39. The highest BCUT2D eigenvalue weighted by Crippen LogP contribution is 2.27. The first kappa shape index (κ1) is 15.6. The summed E-state index contributed by atoms with van der Waals surface area (Å²) in [4.78, 5) is 26.3. The molecule has 1 heterocycles. The number of benzene rings is 2. The average molecular weight is 329 g/mol. The van der Waals surface area contributed by atoms with E-state index in [1.165, 1.54) is 0 Å². The van der Waals surface area contributed by atoms with Gasteiger partial charge in [-0.05, 0) is 42.8 Å². The van der Waals surface area contributed by atoms with Crippen LogP contribution in [0.2, 0.25) is 5.02 Å². The minimum absolute atomic E-state index is 0.0261. The molecule has 118 valence electrons. The van der Waals surface area contributed by atoms with Gasteiger partial charge in [0, 0.05) is 29.4 Å². The molecule has 0 saturated carbocycles. The first-order valence-corrected chi connectivity index (χ1v) is 7.84. The first-order chi connectivity index (χ1) is 11.0. The van der Waals surface area contributed by atoms with Gasteiger partial charge in [0.2, 0.25) is 11.8 Å². The molecule has 0 radical (unpaired) electrons. The van der Waals surface area contributed by atoms with E-state index in [9.17, 15) is 9.59 Å². The van der Waals surface area contributed by atoms with Crippen LogP contribution in [0, 0.1) is 12.8 Å². The van der Waals surface area contributed by atoms with Gasteiger partial charge in [-0.15, -0.1) is 0 Å². The lowest BCUT2D eigenvalue weighted by atomic mass is 10.1. The molecule has 1 aliphatic rings. The normalized spacial score (nSPS) is 17.4. The number of hydrogen-bond acceptors (Lipinski definition) is 2. The van der Waals surface area contributed by atoms with E-state index in [1.807, 2.05) is 31.2 Å². The van der Waals surface area contributed by atoms with Gasteiger partial charge in [-0.1, -0.05) is 29.8 Å². The van der Waals surface area contributed by atoms with E-state index in [0.29, 0.717) is 17.3 Å². The van der Waals surface area contributed by atoms with Crippen molar-refractivity contribution in [1.82, 2.24) is 0 Å². The lowest BCUT2D eigenvalue weighted by Gasteiger charge is -2.17. The Kier molecular flexibility index (Phi) is 4.35. The maximum absolute atomic E-state index is 12.4. The van der Waals surface area contributed by atoms with Gasteiger partial charge < -0.3 is 10.2 Å². The summed E-state index contributed by atoms with van der Waals surface area (Å²) >= 11 is 5.92. The number of nitrogens with zero attached hydrogens (tertiary/aromatic N) is 1. The number of halogens is 1. The fourth-order valence-corrected chi connectivity index (χ4v) is 2.93. The number of nitrogens with one attached hydrogen (secondary N) is 1. The van der Waals surface area contributed by atoms with Crippen LogP contribution in [0.25, 0.3) is 0 Å². The van der Waals surface area contributed by atoms with Gasteiger partial charge in [0.25, 0.3) is 0 Å². The van der Waals surface area contributed by atoms with Crippen LogP contribution < -0.4 is 10.2 Å². The molecule has 5 heteroatoms. The molecule has 23 heavy (non-hydrogen) atoms. The molecule has 1 fully saturated rings. The van der Waals surface area contributed by atoms with Crippen molar-refractivity contribution in [2.24, 2.45) is 5.92 Å². The summed E-state index contributed by atoms with van der Waals surface area (Å²) < 4.78 is 0. The molecule has 4 nitrogen and oxygen atoms in total. The Hall–Kier alpha value is -2.33. The highest BCUT2D eigenvalue weighted by molar-refractivity contribution is 6.30. The number of carbonyl (C=O) groups excluding carboxylic acids is 2. The summed E-state index contributed by atoms with van der Waals surface area (Å²) in [7, 11) is 0. The second-order valence-electron chi connectivity index (χ2n) is 5.74. The van der Waals surface area contributed by atoms with Crippen molar-refractivity contribution in [3.05, 3.63) is 59.1 Å². The van der Waals surface area contributed by atoms with Gasteiger partial charge in [-0.25, -0.2) is 0 Å². The van der Waals surface area contributed by atoms with Crippen LogP contribution in [-0.2, 0) is 9.59 Å². The zero-order chi connectivity index (χ0) is 16.4. The van der Waals surface area contributed by atoms with Crippen molar-refractivity contribution < 1.29 is 9.59 Å². The Morgan fingerprint density at radius 3 is 2.74 bits per heavy atom. The first-order valence-electron chi connectivity index (χ1n) is 7.46. The molecule has 0 aromatic heterocycles. The van der Waals surface area contributed by atoms with Crippen molar-refractivity contribution in [3.63, 3.8) is 0 Å². The van der Waals surface area contributed by atoms with E-state index in [-0.39, 0.29) is 24.2 Å². The fourth-order valence-electron chi connectivity index (χ4n) is 2.74. The Morgan fingerprint density at radius 2 is 2.00 bits per heavy atom. The lowest BCUT2D eigenvalue weighted by molar-refractivity contribution is -0.122. The third kappa shape index (κ3) is 3.54. The van der Waals surface area contributed by atoms with Gasteiger partial charge in [-0.2, -0.15) is 0 Å². The van der Waals surface area contributed by atoms with Gasteiger partial charge in [-0.3, -0.25) is 9.59 Å². The molecule has 2 aromatic rings. The summed E-state index contributed by atoms with van der Waals surface area (Å²) in [5.41, 5.74) is 2.57. The van der Waals surface area contributed by atoms with E-state index in [0.717, 1.165) is 11.3 Å². The minimum Gasteiger partial charge on any atom is -0.326 e. The zero-order valence-corrected chi connectivity index (χ0v) is 13.5. The molecule has 0 unspecified atom stereocenters. The quantitative estimate of drug-likeness (QED) is 0.935. The van der Waals surface area contributed by atoms with Crippen molar-refractivity contribution in [2.75, 3.05) is 16.8 Å². The molecule has 1 aliphatic heterocycles. The van der Waals surface area contributed by atoms with Crippen LogP contribution >= 0.6 is 11.6 Å². The number of anilines is 2. The number of carbonyl (C=O) groups is 2. The van der Waals surface area contributed by atoms with Crippen LogP contribution in [0.3, 0.4) is 0 Å². The summed E-state index contributed by atoms with van der Waals surface area (Å²) in [6.45, 7) is 2.38. The third-order valence-electron chi connectivity index (χ3n) is 3.90. The van der Waals surface area contributed by atoms with Gasteiger partial charge in [0.05, 0.1) is 5.92 Å². The van der Waals surface area contributed by atoms with E-state index in [2.05, 4.69) is 5.32 Å². The Morgan fingerprint density at radius 1 is 1.22 bits per heavy atom. The molecule has 2 amide bonds. The molecule has 3 rings (SSSR count). The monoisotopic (exact) mass is 328 g/mol. The number of hydrogen-bond donors (Lipinski definition) is 1. The van der Waals surface area contributed by atoms with E-state index in [4.69, 9.17) is 11.6 Å². The topological polar surface area (TPSA) is 49.4 Å². The second-order valence-corrected chi connectivity index (χ2v) is 6.18. The summed E-state index contributed by atoms with van der Waals surface area (Å²) in [6, 6.07) is 14.7. The van der Waals surface area contributed by atoms with Gasteiger partial charge in [0.1, 0.15) is 0 Å². The minimum atomic E-state index is -0.359. The molecule has 2 aromatic carbocycles. The van der Waals surface area contributed by atoms with Crippen LogP contribution in [0.4, 0.5) is 11.4 Å². The third-order valence-corrected chi connectivity index (χ3v) is 4.14. The van der Waals surface area contributed by atoms with Crippen molar-refractivity contribution >= 4 is 34.8 Å². The predicted molar refractivity (Wildman–Crippen MR) is 91.7 cm³/mol. The number of rotatable bonds is 3. The van der Waals surface area contributed by atoms with Crippen LogP contribution in [0.5, 0.6) is 0 Å². The van der Waals surface area contributed by atoms with Gasteiger partial charge in [0.15, 0.2) is 0 Å². The molecule has 1 N–H and O–H groups in total. The maximum Gasteiger partial charge on any atom is 0.229 e. The molecule has 0 bridgehead atoms. The van der Waals surface area contributed by atoms with Crippen molar-refractivity contribution in [3.8, 4) is 0 Å². The molecular weight excluding hydrogens is 312 g/mol. The number of aryl methyl sites for hydroxylation is 1. The standard InChI is InChI=1S/C18H17ClN2O2/c1-12-4-2-7-16(8-12)21-11-13(9-17(21)22)18(23)20-15-6-3-5-14(19)10-15/h2-8,10,13H,9,11H2,1H3,(H,20,23)/t13-/m0/s1. The number of amides is 2. The maximum atomic E-state index is 12.4. The second kappa shape index (κ2) is 6.42. The molecule has 0 aliphatic carbocycles. The zero-order valence-electron chi connectivity index (χ0n) is 12.8. The van der Waals surface area contributed by atoms with Crippen molar-refractivity contribution in [2.45, 2.75) is 13.3 Å². The lowest BCUT2D eigenvalue weighted by Crippen LogP contribution is -2.28. The van der Waals surface area contributed by atoms with Crippen LogP contribution in [0.15, 0.2) is 48.5 Å². The highest BCUT2D eigenvalue weighted by Gasteiger charge is 2.35. The van der Waals surface area contributed by atoms with Crippen LogP contribution in [-0.4, -0.2) is 18.4 Å². The predicted octanol–water partition coefficient (Wildman–Crippen LogP) is 3.64. The Balaban J connectivity index is 1.70. The average Bonchev–Trinajstić information content (AvgIpc) is 2.89. The molecule has 0 spiro atoms. The van der Waals surface area contributed by atoms with Crippen LogP contribution in [0.1, 0.15) is 12.0 Å².